The van der Waals surface area contributed by atoms with Crippen molar-refractivity contribution in [3.05, 3.63) is 59.9 Å². The molecule has 0 saturated carbocycles. The Kier molecular flexibility index (Phi) is 5.03. The minimum absolute atomic E-state index is 0.00519. The van der Waals surface area contributed by atoms with Crippen LogP contribution in [0.2, 0.25) is 0 Å². The first-order valence-corrected chi connectivity index (χ1v) is 8.01. The standard InChI is InChI=1S/C18H18N4O3/c23-16-7-6-15(11-20-16)22-17(24)12-3-1-5-14(9-12)21-18(25)13-4-2-8-19-10-13/h1-5,8-10,15H,6-7,11H2,(H,20,23)(H,21,25)(H,22,24). The summed E-state index contributed by atoms with van der Waals surface area (Å²) in [5.41, 5.74) is 1.41. The SMILES string of the molecule is O=C1CCC(NC(=O)c2cccc(NC(=O)c3cccnc3)c2)CN1. The van der Waals surface area contributed by atoms with E-state index in [1.807, 2.05) is 0 Å². The van der Waals surface area contributed by atoms with Crippen LogP contribution in [-0.2, 0) is 4.79 Å². The van der Waals surface area contributed by atoms with E-state index in [1.165, 1.54) is 6.20 Å². The van der Waals surface area contributed by atoms with Gasteiger partial charge in [-0.3, -0.25) is 19.4 Å². The molecule has 2 heterocycles. The number of benzene rings is 1. The Balaban J connectivity index is 1.63. The van der Waals surface area contributed by atoms with Crippen molar-refractivity contribution in [1.29, 1.82) is 0 Å². The minimum Gasteiger partial charge on any atom is -0.354 e. The summed E-state index contributed by atoms with van der Waals surface area (Å²) < 4.78 is 0. The number of carbonyl (C=O) groups excluding carboxylic acids is 3. The molecule has 0 bridgehead atoms. The summed E-state index contributed by atoms with van der Waals surface area (Å²) in [5.74, 6) is -0.523. The predicted octanol–water partition coefficient (Wildman–Crippen LogP) is 1.34. The van der Waals surface area contributed by atoms with Crippen LogP contribution in [0, 0.1) is 0 Å². The van der Waals surface area contributed by atoms with E-state index in [1.54, 1.807) is 42.6 Å². The minimum atomic E-state index is -0.291. The molecule has 1 aliphatic rings. The van der Waals surface area contributed by atoms with E-state index in [2.05, 4.69) is 20.9 Å². The van der Waals surface area contributed by atoms with Crippen molar-refractivity contribution in [2.75, 3.05) is 11.9 Å². The number of carbonyl (C=O) groups is 3. The summed E-state index contributed by atoms with van der Waals surface area (Å²) in [6.07, 6.45) is 4.10. The molecule has 0 spiro atoms. The van der Waals surface area contributed by atoms with Gasteiger partial charge in [-0.25, -0.2) is 0 Å². The summed E-state index contributed by atoms with van der Waals surface area (Å²) in [6, 6.07) is 9.97. The number of nitrogens with zero attached hydrogens (tertiary/aromatic N) is 1. The largest absolute Gasteiger partial charge is 0.354 e. The van der Waals surface area contributed by atoms with Crippen molar-refractivity contribution in [1.82, 2.24) is 15.6 Å². The molecule has 1 fully saturated rings. The predicted molar refractivity (Wildman–Crippen MR) is 92.1 cm³/mol. The van der Waals surface area contributed by atoms with E-state index in [4.69, 9.17) is 0 Å². The summed E-state index contributed by atoms with van der Waals surface area (Å²) in [7, 11) is 0. The molecule has 0 aliphatic carbocycles. The molecular weight excluding hydrogens is 320 g/mol. The van der Waals surface area contributed by atoms with Crippen molar-refractivity contribution in [3.63, 3.8) is 0 Å². The molecule has 3 N–H and O–H groups in total. The van der Waals surface area contributed by atoms with Crippen LogP contribution >= 0.6 is 0 Å². The first-order valence-electron chi connectivity index (χ1n) is 8.01. The van der Waals surface area contributed by atoms with Crippen LogP contribution < -0.4 is 16.0 Å². The van der Waals surface area contributed by atoms with Crippen molar-refractivity contribution in [2.24, 2.45) is 0 Å². The summed E-state index contributed by atoms with van der Waals surface area (Å²) in [6.45, 7) is 0.433. The molecule has 1 saturated heterocycles. The van der Waals surface area contributed by atoms with Gasteiger partial charge in [0.05, 0.1) is 5.56 Å². The molecule has 1 aromatic carbocycles. The Morgan fingerprint density at radius 2 is 1.96 bits per heavy atom. The van der Waals surface area contributed by atoms with Crippen molar-refractivity contribution >= 4 is 23.4 Å². The second-order valence-electron chi connectivity index (χ2n) is 5.79. The van der Waals surface area contributed by atoms with E-state index in [0.29, 0.717) is 36.2 Å². The number of pyridine rings is 1. The average Bonchev–Trinajstić information content (AvgIpc) is 2.64. The monoisotopic (exact) mass is 338 g/mol. The number of piperidine rings is 1. The lowest BCUT2D eigenvalue weighted by Gasteiger charge is -2.23. The molecule has 1 aromatic heterocycles. The maximum absolute atomic E-state index is 12.4. The lowest BCUT2D eigenvalue weighted by atomic mass is 10.1. The first kappa shape index (κ1) is 16.6. The number of nitrogens with one attached hydrogen (secondary N) is 3. The molecule has 128 valence electrons. The van der Waals surface area contributed by atoms with Crippen LogP contribution in [0.1, 0.15) is 33.6 Å². The second kappa shape index (κ2) is 7.57. The van der Waals surface area contributed by atoms with E-state index in [0.717, 1.165) is 0 Å². The lowest BCUT2D eigenvalue weighted by molar-refractivity contribution is -0.122. The third-order valence-corrected chi connectivity index (χ3v) is 3.91. The Hall–Kier alpha value is -3.22. The Morgan fingerprint density at radius 1 is 1.12 bits per heavy atom. The van der Waals surface area contributed by atoms with Crippen LogP contribution in [0.5, 0.6) is 0 Å². The molecule has 25 heavy (non-hydrogen) atoms. The highest BCUT2D eigenvalue weighted by Gasteiger charge is 2.20. The van der Waals surface area contributed by atoms with E-state index in [9.17, 15) is 14.4 Å². The van der Waals surface area contributed by atoms with E-state index >= 15 is 0 Å². The van der Waals surface area contributed by atoms with Gasteiger partial charge in [0.2, 0.25) is 5.91 Å². The zero-order valence-corrected chi connectivity index (χ0v) is 13.5. The first-order chi connectivity index (χ1) is 12.1. The second-order valence-corrected chi connectivity index (χ2v) is 5.79. The van der Waals surface area contributed by atoms with Crippen LogP contribution in [0.3, 0.4) is 0 Å². The van der Waals surface area contributed by atoms with Gasteiger partial charge in [0, 0.05) is 42.7 Å². The van der Waals surface area contributed by atoms with Gasteiger partial charge in [0.25, 0.3) is 11.8 Å². The zero-order valence-electron chi connectivity index (χ0n) is 13.5. The normalized spacial score (nSPS) is 16.6. The number of hydrogen-bond donors (Lipinski definition) is 3. The fraction of sp³-hybridized carbons (Fsp3) is 0.222. The molecular formula is C18H18N4O3. The molecule has 7 nitrogen and oxygen atoms in total. The smallest absolute Gasteiger partial charge is 0.257 e. The van der Waals surface area contributed by atoms with Crippen LogP contribution in [0.15, 0.2) is 48.8 Å². The van der Waals surface area contributed by atoms with Gasteiger partial charge in [-0.05, 0) is 36.8 Å². The maximum atomic E-state index is 12.4. The molecule has 2 aromatic rings. The highest BCUT2D eigenvalue weighted by Crippen LogP contribution is 2.13. The highest BCUT2D eigenvalue weighted by molar-refractivity contribution is 6.05. The molecule has 7 heteroatoms. The van der Waals surface area contributed by atoms with Gasteiger partial charge in [-0.1, -0.05) is 6.07 Å². The van der Waals surface area contributed by atoms with Gasteiger partial charge in [-0.2, -0.15) is 0 Å². The van der Waals surface area contributed by atoms with E-state index < -0.39 is 0 Å². The quantitative estimate of drug-likeness (QED) is 0.783. The van der Waals surface area contributed by atoms with Gasteiger partial charge >= 0.3 is 0 Å². The van der Waals surface area contributed by atoms with Gasteiger partial charge in [0.15, 0.2) is 0 Å². The number of hydrogen-bond acceptors (Lipinski definition) is 4. The number of amides is 3. The Morgan fingerprint density at radius 3 is 2.68 bits per heavy atom. The summed E-state index contributed by atoms with van der Waals surface area (Å²) >= 11 is 0. The third-order valence-electron chi connectivity index (χ3n) is 3.91. The Bertz CT molecular complexity index is 782. The molecule has 3 rings (SSSR count). The molecule has 1 unspecified atom stereocenters. The fourth-order valence-corrected chi connectivity index (χ4v) is 2.56. The van der Waals surface area contributed by atoms with Crippen molar-refractivity contribution in [2.45, 2.75) is 18.9 Å². The topological polar surface area (TPSA) is 100 Å². The van der Waals surface area contributed by atoms with Crippen LogP contribution in [-0.4, -0.2) is 35.3 Å². The Labute approximate surface area is 144 Å². The number of aromatic nitrogens is 1. The van der Waals surface area contributed by atoms with E-state index in [-0.39, 0.29) is 23.8 Å². The number of anilines is 1. The summed E-state index contributed by atoms with van der Waals surface area (Å²) in [5, 5.41) is 8.37. The summed E-state index contributed by atoms with van der Waals surface area (Å²) in [4.78, 5) is 39.6. The lowest BCUT2D eigenvalue weighted by Crippen LogP contribution is -2.47. The van der Waals surface area contributed by atoms with Crippen molar-refractivity contribution < 1.29 is 14.4 Å². The van der Waals surface area contributed by atoms with Gasteiger partial charge in [0.1, 0.15) is 0 Å². The average molecular weight is 338 g/mol. The molecule has 3 amide bonds. The van der Waals surface area contributed by atoms with Gasteiger partial charge < -0.3 is 16.0 Å². The fourth-order valence-electron chi connectivity index (χ4n) is 2.56. The highest BCUT2D eigenvalue weighted by atomic mass is 16.2. The number of rotatable bonds is 4. The molecule has 1 atom stereocenters. The van der Waals surface area contributed by atoms with Crippen LogP contribution in [0.4, 0.5) is 5.69 Å². The van der Waals surface area contributed by atoms with Crippen molar-refractivity contribution in [3.8, 4) is 0 Å². The molecule has 1 aliphatic heterocycles. The zero-order chi connectivity index (χ0) is 17.6. The van der Waals surface area contributed by atoms with Gasteiger partial charge in [-0.15, -0.1) is 0 Å². The third kappa shape index (κ3) is 4.41. The van der Waals surface area contributed by atoms with Crippen LogP contribution in [0.25, 0.3) is 0 Å². The molecule has 0 radical (unpaired) electrons. The maximum Gasteiger partial charge on any atom is 0.257 e.